The van der Waals surface area contributed by atoms with Crippen LogP contribution in [0, 0.1) is 46.8 Å². The lowest BCUT2D eigenvalue weighted by molar-refractivity contribution is -0.150. The van der Waals surface area contributed by atoms with Crippen LogP contribution in [0.25, 0.3) is 0 Å². The van der Waals surface area contributed by atoms with Crippen molar-refractivity contribution in [2.24, 2.45) is 46.8 Å². The van der Waals surface area contributed by atoms with Gasteiger partial charge in [-0.3, -0.25) is 4.79 Å². The molecule has 258 valence electrons. The van der Waals surface area contributed by atoms with E-state index in [1.165, 1.54) is 134 Å². The number of esters is 1. The number of carbonyl (C=O) groups excluding carboxylic acids is 1. The third-order valence-corrected chi connectivity index (χ3v) is 13.7. The van der Waals surface area contributed by atoms with E-state index in [-0.39, 0.29) is 12.1 Å². The van der Waals surface area contributed by atoms with Crippen LogP contribution in [0.2, 0.25) is 0 Å². The first-order valence-corrected chi connectivity index (χ1v) is 20.3. The van der Waals surface area contributed by atoms with Crippen LogP contribution in [0.4, 0.5) is 0 Å². The number of unbranched alkanes of at least 4 members (excludes halogenated alkanes) is 12. The highest BCUT2D eigenvalue weighted by Crippen LogP contribution is 2.64. The van der Waals surface area contributed by atoms with Gasteiger partial charge in [-0.1, -0.05) is 135 Å². The van der Waals surface area contributed by atoms with Crippen LogP contribution >= 0.6 is 0 Å². The summed E-state index contributed by atoms with van der Waals surface area (Å²) in [6.07, 6.45) is 33.7. The first kappa shape index (κ1) is 36.8. The van der Waals surface area contributed by atoms with Crippen LogP contribution in [-0.4, -0.2) is 12.1 Å². The van der Waals surface area contributed by atoms with E-state index in [0.29, 0.717) is 17.8 Å². The van der Waals surface area contributed by atoms with Gasteiger partial charge in [0.25, 0.3) is 0 Å². The lowest BCUT2D eigenvalue weighted by Crippen LogP contribution is -2.47. The fourth-order valence-corrected chi connectivity index (χ4v) is 10.7. The molecule has 3 saturated carbocycles. The number of fused-ring (bicyclic) bond motifs is 5. The van der Waals surface area contributed by atoms with E-state index in [9.17, 15) is 4.79 Å². The molecule has 3 fully saturated rings. The van der Waals surface area contributed by atoms with Crippen LogP contribution in [-0.2, 0) is 9.53 Å². The molecule has 0 amide bonds. The molecule has 0 radical (unpaired) electrons. The fourth-order valence-electron chi connectivity index (χ4n) is 10.7. The monoisotopic (exact) mass is 623 g/mol. The van der Waals surface area contributed by atoms with Gasteiger partial charge in [0.15, 0.2) is 0 Å². The molecule has 45 heavy (non-hydrogen) atoms. The molecule has 0 aliphatic heterocycles. The summed E-state index contributed by atoms with van der Waals surface area (Å²) in [4.78, 5) is 12.7. The van der Waals surface area contributed by atoms with Crippen molar-refractivity contribution >= 4 is 5.97 Å². The van der Waals surface area contributed by atoms with E-state index >= 15 is 0 Å². The van der Waals surface area contributed by atoms with E-state index in [2.05, 4.69) is 47.3 Å². The van der Waals surface area contributed by atoms with Crippen LogP contribution in [0.5, 0.6) is 0 Å². The van der Waals surface area contributed by atoms with Crippen molar-refractivity contribution in [3.63, 3.8) is 0 Å². The summed E-state index contributed by atoms with van der Waals surface area (Å²) >= 11 is 0. The second-order valence-corrected chi connectivity index (χ2v) is 17.0. The highest BCUT2D eigenvalue weighted by molar-refractivity contribution is 5.69. The molecule has 8 unspecified atom stereocenters. The summed E-state index contributed by atoms with van der Waals surface area (Å²) in [7, 11) is 0. The summed E-state index contributed by atoms with van der Waals surface area (Å²) in [6.45, 7) is 16.5. The molecule has 2 heteroatoms. The molecule has 2 nitrogen and oxygen atoms in total. The smallest absolute Gasteiger partial charge is 0.306 e. The van der Waals surface area contributed by atoms with E-state index < -0.39 is 0 Å². The largest absolute Gasteiger partial charge is 0.462 e. The third kappa shape index (κ3) is 10.2. The van der Waals surface area contributed by atoms with E-state index in [4.69, 9.17) is 4.74 Å². The molecule has 0 spiro atoms. The number of allylic oxidation sites excluding steroid dienone is 2. The molecule has 4 aliphatic carbocycles. The van der Waals surface area contributed by atoms with Crippen molar-refractivity contribution in [3.05, 3.63) is 23.8 Å². The van der Waals surface area contributed by atoms with Gasteiger partial charge in [-0.25, -0.2) is 0 Å². The lowest BCUT2D eigenvalue weighted by atomic mass is 9.51. The maximum atomic E-state index is 12.7. The average molecular weight is 623 g/mol. The van der Waals surface area contributed by atoms with Gasteiger partial charge in [0.05, 0.1) is 0 Å². The average Bonchev–Trinajstić information content (AvgIpc) is 3.39. The minimum absolute atomic E-state index is 0.0623. The van der Waals surface area contributed by atoms with Crippen LogP contribution < -0.4 is 0 Å². The molecule has 0 heterocycles. The van der Waals surface area contributed by atoms with Crippen molar-refractivity contribution in [1.29, 1.82) is 0 Å². The Morgan fingerprint density at radius 2 is 1.49 bits per heavy atom. The van der Waals surface area contributed by atoms with Gasteiger partial charge in [-0.15, -0.1) is 0 Å². The van der Waals surface area contributed by atoms with Crippen LogP contribution in [0.1, 0.15) is 189 Å². The van der Waals surface area contributed by atoms with Gasteiger partial charge in [0, 0.05) is 12.8 Å². The molecule has 8 atom stereocenters. The Bertz CT molecular complexity index is 930. The maximum absolute atomic E-state index is 12.7. The Morgan fingerprint density at radius 1 is 0.844 bits per heavy atom. The van der Waals surface area contributed by atoms with Gasteiger partial charge in [-0.2, -0.15) is 0 Å². The van der Waals surface area contributed by atoms with Gasteiger partial charge in [0.1, 0.15) is 6.10 Å². The van der Waals surface area contributed by atoms with E-state index in [1.54, 1.807) is 5.57 Å². The van der Waals surface area contributed by atoms with Crippen molar-refractivity contribution in [2.45, 2.75) is 195 Å². The number of carbonyl (C=O) groups is 1. The molecule has 4 aliphatic rings. The Morgan fingerprint density at radius 3 is 2.13 bits per heavy atom. The summed E-state index contributed by atoms with van der Waals surface area (Å²) in [5.74, 6) is 5.80. The Labute approximate surface area is 280 Å². The van der Waals surface area contributed by atoms with Gasteiger partial charge in [-0.05, 0) is 111 Å². The normalized spacial score (nSPS) is 31.6. The number of ether oxygens (including phenoxy) is 1. The summed E-state index contributed by atoms with van der Waals surface area (Å²) in [5, 5.41) is 0. The first-order chi connectivity index (χ1) is 21.7. The molecular formula is C43H74O2. The topological polar surface area (TPSA) is 26.3 Å². The maximum Gasteiger partial charge on any atom is 0.306 e. The molecule has 0 N–H and O–H groups in total. The zero-order valence-corrected chi connectivity index (χ0v) is 30.7. The zero-order chi connectivity index (χ0) is 32.2. The molecular weight excluding hydrogens is 548 g/mol. The quantitative estimate of drug-likeness (QED) is 0.0767. The minimum atomic E-state index is 0.0623. The van der Waals surface area contributed by atoms with Crippen molar-refractivity contribution in [3.8, 4) is 0 Å². The minimum Gasteiger partial charge on any atom is -0.462 e. The Kier molecular flexibility index (Phi) is 15.1. The fraction of sp³-hybridized carbons (Fsp3) is 0.884. The molecule has 4 rings (SSSR count). The van der Waals surface area contributed by atoms with Gasteiger partial charge >= 0.3 is 5.97 Å². The van der Waals surface area contributed by atoms with Gasteiger partial charge in [0.2, 0.25) is 0 Å². The second-order valence-electron chi connectivity index (χ2n) is 17.0. The third-order valence-electron chi connectivity index (χ3n) is 13.7. The highest BCUT2D eigenvalue weighted by atomic mass is 16.5. The predicted molar refractivity (Wildman–Crippen MR) is 193 cm³/mol. The summed E-state index contributed by atoms with van der Waals surface area (Å²) in [6, 6.07) is 0. The molecule has 0 aromatic heterocycles. The Balaban J connectivity index is 1.12. The summed E-state index contributed by atoms with van der Waals surface area (Å²) < 4.78 is 6.08. The van der Waals surface area contributed by atoms with E-state index in [0.717, 1.165) is 54.8 Å². The van der Waals surface area contributed by atoms with Crippen LogP contribution in [0.3, 0.4) is 0 Å². The number of hydrogen-bond acceptors (Lipinski definition) is 2. The SMILES string of the molecule is C=C(CCC(C)C1CCC2C3CC=C4CC(OC(=O)CCCCCCCCCCCCCCC)CCC4C3CCC12C)C(C)C. The lowest BCUT2D eigenvalue weighted by Gasteiger charge is -2.54. The van der Waals surface area contributed by atoms with E-state index in [1.807, 2.05) is 0 Å². The Hall–Kier alpha value is -1.05. The van der Waals surface area contributed by atoms with Crippen LogP contribution in [0.15, 0.2) is 23.8 Å². The molecule has 0 saturated heterocycles. The molecule has 0 aromatic carbocycles. The standard InChI is InChI=1S/C43H74O2/c1-7-8-9-10-11-12-13-14-15-16-17-18-19-20-42(44)45-36-24-26-37-35(31-36)23-25-39-38(37)29-30-43(6)40(27-28-41(39)43)34(5)22-21-33(4)32(2)3/h23,32,34,36-41H,4,7-22,24-31H2,1-3,5-6H3. The van der Waals surface area contributed by atoms with Crippen molar-refractivity contribution < 1.29 is 9.53 Å². The number of rotatable bonds is 20. The predicted octanol–water partition coefficient (Wildman–Crippen LogP) is 13.2. The highest BCUT2D eigenvalue weighted by Gasteiger charge is 2.56. The van der Waals surface area contributed by atoms with Gasteiger partial charge < -0.3 is 4.74 Å². The summed E-state index contributed by atoms with van der Waals surface area (Å²) in [5.41, 5.74) is 3.63. The van der Waals surface area contributed by atoms with Crippen molar-refractivity contribution in [2.75, 3.05) is 0 Å². The molecule has 0 aromatic rings. The van der Waals surface area contributed by atoms with Crippen molar-refractivity contribution in [1.82, 2.24) is 0 Å². The number of hydrogen-bond donors (Lipinski definition) is 0. The first-order valence-electron chi connectivity index (χ1n) is 20.3. The zero-order valence-electron chi connectivity index (χ0n) is 30.7. The second kappa shape index (κ2) is 18.5. The molecule has 0 bridgehead atoms.